The van der Waals surface area contributed by atoms with Crippen LogP contribution in [0, 0.1) is 31.3 Å². The van der Waals surface area contributed by atoms with Gasteiger partial charge < -0.3 is 5.32 Å². The number of rotatable bonds is 3. The molecule has 106 valence electrons. The summed E-state index contributed by atoms with van der Waals surface area (Å²) in [5.74, 6) is -2.98. The second kappa shape index (κ2) is 5.67. The largest absolute Gasteiger partial charge is 0.309 e. The highest BCUT2D eigenvalue weighted by molar-refractivity contribution is 5.42. The van der Waals surface area contributed by atoms with Gasteiger partial charge in [-0.2, -0.15) is 0 Å². The third-order valence-electron chi connectivity index (χ3n) is 3.47. The number of halogens is 3. The summed E-state index contributed by atoms with van der Waals surface area (Å²) in [6.45, 7) is 3.81. The molecule has 0 saturated heterocycles. The van der Waals surface area contributed by atoms with Crippen LogP contribution >= 0.6 is 0 Å². The first-order valence-electron chi connectivity index (χ1n) is 6.33. The van der Waals surface area contributed by atoms with Crippen molar-refractivity contribution in [3.63, 3.8) is 0 Å². The van der Waals surface area contributed by atoms with Crippen molar-refractivity contribution in [3.8, 4) is 0 Å². The molecule has 0 saturated carbocycles. The van der Waals surface area contributed by atoms with Crippen LogP contribution in [0.15, 0.2) is 30.3 Å². The highest BCUT2D eigenvalue weighted by atomic mass is 19.2. The Morgan fingerprint density at radius 1 is 0.900 bits per heavy atom. The Labute approximate surface area is 116 Å². The second-order valence-corrected chi connectivity index (χ2v) is 4.82. The zero-order chi connectivity index (χ0) is 14.9. The Morgan fingerprint density at radius 3 is 2.00 bits per heavy atom. The quantitative estimate of drug-likeness (QED) is 0.836. The highest BCUT2D eigenvalue weighted by Crippen LogP contribution is 2.30. The smallest absolute Gasteiger partial charge is 0.161 e. The normalized spacial score (nSPS) is 12.5. The SMILES string of the molecule is CNC(c1cc(F)c(F)cc1F)c1c(C)cccc1C. The number of hydrogen-bond acceptors (Lipinski definition) is 1. The molecule has 1 unspecified atom stereocenters. The molecule has 0 aromatic heterocycles. The summed E-state index contributed by atoms with van der Waals surface area (Å²) < 4.78 is 40.4. The van der Waals surface area contributed by atoms with Gasteiger partial charge in [-0.3, -0.25) is 0 Å². The summed E-state index contributed by atoms with van der Waals surface area (Å²) in [5, 5.41) is 2.97. The molecule has 1 nitrogen and oxygen atoms in total. The van der Waals surface area contributed by atoms with Crippen molar-refractivity contribution in [3.05, 3.63) is 70.0 Å². The lowest BCUT2D eigenvalue weighted by Crippen LogP contribution is -2.21. The average molecular weight is 279 g/mol. The molecule has 0 radical (unpaired) electrons. The van der Waals surface area contributed by atoms with E-state index in [1.165, 1.54) is 0 Å². The van der Waals surface area contributed by atoms with Crippen molar-refractivity contribution in [2.45, 2.75) is 19.9 Å². The summed E-state index contributed by atoms with van der Waals surface area (Å²) in [6.07, 6.45) is 0. The van der Waals surface area contributed by atoms with Gasteiger partial charge in [0.2, 0.25) is 0 Å². The van der Waals surface area contributed by atoms with E-state index in [1.54, 1.807) is 7.05 Å². The Balaban J connectivity index is 2.62. The molecule has 2 rings (SSSR count). The Bertz CT molecular complexity index is 618. The minimum absolute atomic E-state index is 0.101. The fraction of sp³-hybridized carbons (Fsp3) is 0.250. The standard InChI is InChI=1S/C16H16F3N/c1-9-5-4-6-10(2)15(9)16(20-3)11-7-13(18)14(19)8-12(11)17/h4-8,16,20H,1-3H3. The maximum absolute atomic E-state index is 14.0. The average Bonchev–Trinajstić information content (AvgIpc) is 2.39. The van der Waals surface area contributed by atoms with Crippen LogP contribution in [0.2, 0.25) is 0 Å². The molecule has 20 heavy (non-hydrogen) atoms. The molecule has 1 N–H and O–H groups in total. The molecular formula is C16H16F3N. The monoisotopic (exact) mass is 279 g/mol. The van der Waals surface area contributed by atoms with E-state index in [2.05, 4.69) is 5.32 Å². The molecule has 0 amide bonds. The van der Waals surface area contributed by atoms with Crippen LogP contribution in [0.25, 0.3) is 0 Å². The second-order valence-electron chi connectivity index (χ2n) is 4.82. The van der Waals surface area contributed by atoms with E-state index < -0.39 is 23.5 Å². The molecule has 0 spiro atoms. The van der Waals surface area contributed by atoms with Crippen molar-refractivity contribution in [1.29, 1.82) is 0 Å². The molecule has 0 aliphatic carbocycles. The van der Waals surface area contributed by atoms with Gasteiger partial charge in [0.05, 0.1) is 6.04 Å². The van der Waals surface area contributed by atoms with E-state index in [0.717, 1.165) is 22.8 Å². The molecule has 2 aromatic carbocycles. The molecule has 0 fully saturated rings. The van der Waals surface area contributed by atoms with Crippen molar-refractivity contribution >= 4 is 0 Å². The maximum Gasteiger partial charge on any atom is 0.161 e. The van der Waals surface area contributed by atoms with Crippen molar-refractivity contribution in [2.75, 3.05) is 7.05 Å². The lowest BCUT2D eigenvalue weighted by molar-refractivity contribution is 0.483. The van der Waals surface area contributed by atoms with Gasteiger partial charge in [0.1, 0.15) is 5.82 Å². The summed E-state index contributed by atoms with van der Waals surface area (Å²) in [7, 11) is 1.66. The van der Waals surface area contributed by atoms with Gasteiger partial charge in [0, 0.05) is 11.6 Å². The molecule has 0 heterocycles. The Kier molecular flexibility index (Phi) is 4.14. The summed E-state index contributed by atoms with van der Waals surface area (Å²) in [4.78, 5) is 0. The first-order valence-corrected chi connectivity index (χ1v) is 6.33. The van der Waals surface area contributed by atoms with Crippen LogP contribution in [-0.2, 0) is 0 Å². The van der Waals surface area contributed by atoms with Crippen molar-refractivity contribution in [2.24, 2.45) is 0 Å². The molecule has 1 atom stereocenters. The molecular weight excluding hydrogens is 263 g/mol. The minimum atomic E-state index is -1.18. The maximum atomic E-state index is 14.0. The number of benzene rings is 2. The first kappa shape index (κ1) is 14.6. The highest BCUT2D eigenvalue weighted by Gasteiger charge is 2.21. The predicted molar refractivity (Wildman–Crippen MR) is 73.1 cm³/mol. The summed E-state index contributed by atoms with van der Waals surface area (Å²) >= 11 is 0. The minimum Gasteiger partial charge on any atom is -0.309 e. The van der Waals surface area contributed by atoms with Gasteiger partial charge in [0.15, 0.2) is 11.6 Å². The Morgan fingerprint density at radius 2 is 1.45 bits per heavy atom. The number of aryl methyl sites for hydroxylation is 2. The van der Waals surface area contributed by atoms with E-state index in [-0.39, 0.29) is 5.56 Å². The zero-order valence-electron chi connectivity index (χ0n) is 11.6. The lowest BCUT2D eigenvalue weighted by atomic mass is 9.91. The van der Waals surface area contributed by atoms with Crippen LogP contribution in [0.3, 0.4) is 0 Å². The topological polar surface area (TPSA) is 12.0 Å². The van der Waals surface area contributed by atoms with Gasteiger partial charge in [-0.1, -0.05) is 18.2 Å². The van der Waals surface area contributed by atoms with E-state index in [1.807, 2.05) is 32.0 Å². The molecule has 4 heteroatoms. The molecule has 0 aliphatic heterocycles. The molecule has 2 aromatic rings. The predicted octanol–water partition coefficient (Wildman–Crippen LogP) is 4.03. The van der Waals surface area contributed by atoms with Crippen LogP contribution < -0.4 is 5.32 Å². The van der Waals surface area contributed by atoms with Crippen LogP contribution in [0.4, 0.5) is 13.2 Å². The lowest BCUT2D eigenvalue weighted by Gasteiger charge is -2.22. The van der Waals surface area contributed by atoms with Gasteiger partial charge in [-0.15, -0.1) is 0 Å². The van der Waals surface area contributed by atoms with Gasteiger partial charge in [-0.25, -0.2) is 13.2 Å². The van der Waals surface area contributed by atoms with Crippen molar-refractivity contribution in [1.82, 2.24) is 5.32 Å². The van der Waals surface area contributed by atoms with E-state index in [9.17, 15) is 13.2 Å². The number of nitrogens with one attached hydrogen (secondary N) is 1. The van der Waals surface area contributed by atoms with Crippen LogP contribution in [0.1, 0.15) is 28.3 Å². The third kappa shape index (κ3) is 2.56. The fourth-order valence-electron chi connectivity index (χ4n) is 2.50. The van der Waals surface area contributed by atoms with Gasteiger partial charge in [0.25, 0.3) is 0 Å². The zero-order valence-corrected chi connectivity index (χ0v) is 11.6. The summed E-state index contributed by atoms with van der Waals surface area (Å²) in [5.41, 5.74) is 2.91. The first-order chi connectivity index (χ1) is 9.45. The van der Waals surface area contributed by atoms with E-state index in [0.29, 0.717) is 6.07 Å². The third-order valence-corrected chi connectivity index (χ3v) is 3.47. The summed E-state index contributed by atoms with van der Waals surface area (Å²) in [6, 6.07) is 6.70. The van der Waals surface area contributed by atoms with Gasteiger partial charge in [-0.05, 0) is 43.7 Å². The van der Waals surface area contributed by atoms with Crippen LogP contribution in [-0.4, -0.2) is 7.05 Å². The fourth-order valence-corrected chi connectivity index (χ4v) is 2.50. The van der Waals surface area contributed by atoms with Crippen molar-refractivity contribution < 1.29 is 13.2 Å². The van der Waals surface area contributed by atoms with Gasteiger partial charge >= 0.3 is 0 Å². The van der Waals surface area contributed by atoms with E-state index in [4.69, 9.17) is 0 Å². The van der Waals surface area contributed by atoms with Crippen LogP contribution in [0.5, 0.6) is 0 Å². The van der Waals surface area contributed by atoms with E-state index >= 15 is 0 Å². The number of hydrogen-bond donors (Lipinski definition) is 1. The Hall–Kier alpha value is -1.81. The molecule has 0 bridgehead atoms. The molecule has 0 aliphatic rings.